The summed E-state index contributed by atoms with van der Waals surface area (Å²) >= 11 is 5.83. The third-order valence-electron chi connectivity index (χ3n) is 2.60. The largest absolute Gasteiger partial charge is 0.411 e. The van der Waals surface area contributed by atoms with Gasteiger partial charge in [0, 0.05) is 16.7 Å². The van der Waals surface area contributed by atoms with Gasteiger partial charge in [0.2, 0.25) is 0 Å². The highest BCUT2D eigenvalue weighted by Gasteiger charge is 2.04. The zero-order valence-corrected chi connectivity index (χ0v) is 11.1. The summed E-state index contributed by atoms with van der Waals surface area (Å²) in [6.45, 7) is 1.90. The van der Waals surface area contributed by atoms with Crippen molar-refractivity contribution in [3.63, 3.8) is 0 Å². The number of oxime groups is 1. The van der Waals surface area contributed by atoms with E-state index in [2.05, 4.69) is 10.3 Å². The molecule has 0 aliphatic heterocycles. The molecule has 0 radical (unpaired) electrons. The maximum atomic E-state index is 8.69. The van der Waals surface area contributed by atoms with Gasteiger partial charge < -0.3 is 9.73 Å². The normalized spacial score (nSPS) is 12.2. The Labute approximate surface area is 116 Å². The number of hydrogen-bond acceptors (Lipinski definition) is 4. The van der Waals surface area contributed by atoms with Crippen molar-refractivity contribution in [1.29, 1.82) is 0 Å². The zero-order chi connectivity index (χ0) is 13.7. The van der Waals surface area contributed by atoms with Crippen LogP contribution in [0, 0.1) is 0 Å². The van der Waals surface area contributed by atoms with Crippen LogP contribution in [0.4, 0.5) is 0 Å². The van der Waals surface area contributed by atoms with Crippen molar-refractivity contribution in [3.05, 3.63) is 47.2 Å². The lowest BCUT2D eigenvalue weighted by Crippen LogP contribution is -1.88. The molecule has 0 saturated heterocycles. The molecule has 98 valence electrons. The van der Waals surface area contributed by atoms with E-state index in [1.54, 1.807) is 24.3 Å². The molecule has 1 aromatic heterocycles. The van der Waals surface area contributed by atoms with Gasteiger partial charge in [-0.05, 0) is 30.7 Å². The van der Waals surface area contributed by atoms with E-state index in [-0.39, 0.29) is 0 Å². The maximum Gasteiger partial charge on any atom is 0.160 e. The molecule has 1 N–H and O–H groups in total. The van der Waals surface area contributed by atoms with Gasteiger partial charge in [-0.3, -0.25) is 0 Å². The van der Waals surface area contributed by atoms with Crippen molar-refractivity contribution in [2.75, 3.05) is 0 Å². The first-order chi connectivity index (χ1) is 9.22. The van der Waals surface area contributed by atoms with Gasteiger partial charge in [0.05, 0.1) is 5.71 Å². The molecule has 2 aromatic rings. The molecule has 0 saturated carbocycles. The van der Waals surface area contributed by atoms with E-state index in [9.17, 15) is 0 Å². The summed E-state index contributed by atoms with van der Waals surface area (Å²) in [5.41, 5.74) is 2.24. The third kappa shape index (κ3) is 3.45. The minimum atomic E-state index is 0.574. The molecule has 19 heavy (non-hydrogen) atoms. The van der Waals surface area contributed by atoms with Crippen molar-refractivity contribution in [2.24, 2.45) is 5.16 Å². The average Bonchev–Trinajstić information content (AvgIpc) is 2.89. The van der Waals surface area contributed by atoms with Gasteiger partial charge in [-0.1, -0.05) is 41.0 Å². The third-order valence-corrected chi connectivity index (χ3v) is 2.85. The van der Waals surface area contributed by atoms with Crippen LogP contribution in [0.25, 0.3) is 17.3 Å². The Bertz CT molecular complexity index is 600. The van der Waals surface area contributed by atoms with Crippen molar-refractivity contribution in [1.82, 2.24) is 5.16 Å². The van der Waals surface area contributed by atoms with E-state index >= 15 is 0 Å². The Kier molecular flexibility index (Phi) is 4.36. The minimum Gasteiger partial charge on any atom is -0.411 e. The summed E-state index contributed by atoms with van der Waals surface area (Å²) in [5.74, 6) is 0.597. The van der Waals surface area contributed by atoms with Crippen LogP contribution >= 0.6 is 11.6 Å². The SMILES string of the molecule is CCC(/C=C/c1cc(-c2ccc(Cl)cc2)no1)=N\O. The maximum absolute atomic E-state index is 8.69. The molecule has 0 unspecified atom stereocenters. The summed E-state index contributed by atoms with van der Waals surface area (Å²) in [6, 6.07) is 9.16. The van der Waals surface area contributed by atoms with Gasteiger partial charge in [-0.25, -0.2) is 0 Å². The molecule has 1 heterocycles. The summed E-state index contributed by atoms with van der Waals surface area (Å²) in [5, 5.41) is 16.5. The molecule has 0 spiro atoms. The fourth-order valence-electron chi connectivity index (χ4n) is 1.52. The molecule has 5 heteroatoms. The molecule has 0 amide bonds. The first kappa shape index (κ1) is 13.4. The van der Waals surface area contributed by atoms with Gasteiger partial charge in [-0.15, -0.1) is 0 Å². The second kappa shape index (κ2) is 6.20. The van der Waals surface area contributed by atoms with E-state index in [4.69, 9.17) is 21.3 Å². The van der Waals surface area contributed by atoms with Crippen LogP contribution in [0.3, 0.4) is 0 Å². The molecule has 0 bridgehead atoms. The predicted octanol–water partition coefficient (Wildman–Crippen LogP) is 4.25. The van der Waals surface area contributed by atoms with E-state index < -0.39 is 0 Å². The van der Waals surface area contributed by atoms with Gasteiger partial charge in [0.15, 0.2) is 5.76 Å². The summed E-state index contributed by atoms with van der Waals surface area (Å²) in [6.07, 6.45) is 4.04. The second-order valence-corrected chi connectivity index (χ2v) is 4.34. The van der Waals surface area contributed by atoms with E-state index in [0.717, 1.165) is 11.3 Å². The highest BCUT2D eigenvalue weighted by molar-refractivity contribution is 6.30. The number of benzene rings is 1. The Hall–Kier alpha value is -2.07. The van der Waals surface area contributed by atoms with E-state index in [0.29, 0.717) is 22.9 Å². The fourth-order valence-corrected chi connectivity index (χ4v) is 1.65. The standard InChI is InChI=1S/C14H13ClN2O2/c1-2-12(16-18)7-8-13-9-14(17-19-13)10-3-5-11(15)6-4-10/h3-9,18H,2H2,1H3/b8-7+,16-12+. The second-order valence-electron chi connectivity index (χ2n) is 3.90. The Morgan fingerprint density at radius 1 is 1.42 bits per heavy atom. The zero-order valence-electron chi connectivity index (χ0n) is 10.4. The van der Waals surface area contributed by atoms with Gasteiger partial charge in [0.1, 0.15) is 5.69 Å². The van der Waals surface area contributed by atoms with E-state index in [1.807, 2.05) is 25.1 Å². The smallest absolute Gasteiger partial charge is 0.160 e. The lowest BCUT2D eigenvalue weighted by atomic mass is 10.1. The number of halogens is 1. The molecule has 0 atom stereocenters. The Morgan fingerprint density at radius 3 is 2.79 bits per heavy atom. The van der Waals surface area contributed by atoms with Crippen molar-refractivity contribution < 1.29 is 9.73 Å². The lowest BCUT2D eigenvalue weighted by Gasteiger charge is -1.93. The van der Waals surface area contributed by atoms with E-state index in [1.165, 1.54) is 0 Å². The van der Waals surface area contributed by atoms with Crippen LogP contribution in [-0.4, -0.2) is 16.1 Å². The highest BCUT2D eigenvalue weighted by Crippen LogP contribution is 2.21. The molecule has 4 nitrogen and oxygen atoms in total. The average molecular weight is 277 g/mol. The van der Waals surface area contributed by atoms with Crippen LogP contribution in [-0.2, 0) is 0 Å². The molecule has 0 fully saturated rings. The number of allylic oxidation sites excluding steroid dienone is 1. The Balaban J connectivity index is 2.17. The number of hydrogen-bond donors (Lipinski definition) is 1. The summed E-state index contributed by atoms with van der Waals surface area (Å²) in [7, 11) is 0. The predicted molar refractivity (Wildman–Crippen MR) is 75.5 cm³/mol. The first-order valence-corrected chi connectivity index (χ1v) is 6.22. The van der Waals surface area contributed by atoms with Gasteiger partial charge in [0.25, 0.3) is 0 Å². The summed E-state index contributed by atoms with van der Waals surface area (Å²) < 4.78 is 5.18. The topological polar surface area (TPSA) is 58.6 Å². The van der Waals surface area contributed by atoms with Crippen molar-refractivity contribution in [2.45, 2.75) is 13.3 Å². The van der Waals surface area contributed by atoms with Crippen LogP contribution in [0.15, 0.2) is 46.1 Å². The summed E-state index contributed by atoms with van der Waals surface area (Å²) in [4.78, 5) is 0. The minimum absolute atomic E-state index is 0.574. The van der Waals surface area contributed by atoms with Crippen LogP contribution in [0.2, 0.25) is 5.02 Å². The quantitative estimate of drug-likeness (QED) is 0.516. The Morgan fingerprint density at radius 2 is 2.16 bits per heavy atom. The molecular formula is C14H13ClN2O2. The van der Waals surface area contributed by atoms with Gasteiger partial charge >= 0.3 is 0 Å². The molecular weight excluding hydrogens is 264 g/mol. The van der Waals surface area contributed by atoms with Crippen LogP contribution < -0.4 is 0 Å². The van der Waals surface area contributed by atoms with Crippen molar-refractivity contribution in [3.8, 4) is 11.3 Å². The van der Waals surface area contributed by atoms with Gasteiger partial charge in [-0.2, -0.15) is 0 Å². The number of nitrogens with zero attached hydrogens (tertiary/aromatic N) is 2. The lowest BCUT2D eigenvalue weighted by molar-refractivity contribution is 0.318. The number of rotatable bonds is 4. The first-order valence-electron chi connectivity index (χ1n) is 5.84. The molecule has 0 aliphatic carbocycles. The van der Waals surface area contributed by atoms with Crippen LogP contribution in [0.5, 0.6) is 0 Å². The highest BCUT2D eigenvalue weighted by atomic mass is 35.5. The molecule has 1 aromatic carbocycles. The van der Waals surface area contributed by atoms with Crippen molar-refractivity contribution >= 4 is 23.4 Å². The fraction of sp³-hybridized carbons (Fsp3) is 0.143. The van der Waals surface area contributed by atoms with Crippen LogP contribution in [0.1, 0.15) is 19.1 Å². The molecule has 2 rings (SSSR count). The number of aromatic nitrogens is 1. The molecule has 0 aliphatic rings. The monoisotopic (exact) mass is 276 g/mol.